The second kappa shape index (κ2) is 8.34. The Hall–Kier alpha value is -1.35. The van der Waals surface area contributed by atoms with E-state index in [0.29, 0.717) is 5.57 Å². The summed E-state index contributed by atoms with van der Waals surface area (Å²) in [6, 6.07) is 0. The lowest BCUT2D eigenvalue weighted by Crippen LogP contribution is -2.58. The summed E-state index contributed by atoms with van der Waals surface area (Å²) in [6.07, 6.45) is -1.11. The van der Waals surface area contributed by atoms with Crippen LogP contribution >= 0.6 is 11.6 Å². The minimum Gasteiger partial charge on any atom is -0.462 e. The smallest absolute Gasteiger partial charge is 0.309 e. The average molecular weight is 407 g/mol. The van der Waals surface area contributed by atoms with E-state index in [1.165, 1.54) is 20.3 Å². The third-order valence-corrected chi connectivity index (χ3v) is 5.35. The van der Waals surface area contributed by atoms with Gasteiger partial charge in [0.25, 0.3) is 6.29 Å². The number of aliphatic hydroxyl groups is 2. The number of carbonyl (C=O) groups is 2. The highest BCUT2D eigenvalue weighted by atomic mass is 35.5. The van der Waals surface area contributed by atoms with Crippen molar-refractivity contribution < 1.29 is 38.7 Å². The van der Waals surface area contributed by atoms with Gasteiger partial charge in [-0.25, -0.2) is 0 Å². The molecule has 2 rings (SSSR count). The summed E-state index contributed by atoms with van der Waals surface area (Å²) in [7, 11) is 1.44. The molecule has 0 bridgehead atoms. The highest BCUT2D eigenvalue weighted by Gasteiger charge is 2.69. The van der Waals surface area contributed by atoms with Gasteiger partial charge in [-0.05, 0) is 5.92 Å². The van der Waals surface area contributed by atoms with Gasteiger partial charge in [-0.1, -0.05) is 13.8 Å². The minimum atomic E-state index is -1.86. The molecule has 0 spiro atoms. The largest absolute Gasteiger partial charge is 0.462 e. The van der Waals surface area contributed by atoms with Crippen LogP contribution in [0, 0.1) is 11.8 Å². The van der Waals surface area contributed by atoms with Crippen LogP contribution in [0.5, 0.6) is 0 Å². The van der Waals surface area contributed by atoms with Crippen molar-refractivity contribution in [3.8, 4) is 0 Å². The number of methoxy groups -OCH3 is 1. The highest BCUT2D eigenvalue weighted by molar-refractivity contribution is 6.18. The van der Waals surface area contributed by atoms with Crippen LogP contribution in [-0.2, 0) is 28.5 Å². The molecule has 0 radical (unpaired) electrons. The van der Waals surface area contributed by atoms with Gasteiger partial charge in [-0.2, -0.15) is 0 Å². The number of hydrogen-bond donors (Lipinski definition) is 2. The van der Waals surface area contributed by atoms with E-state index < -0.39 is 41.5 Å². The number of alkyl halides is 1. The molecule has 1 aliphatic carbocycles. The Morgan fingerprint density at radius 2 is 2.04 bits per heavy atom. The molecule has 5 atom stereocenters. The third-order valence-electron chi connectivity index (χ3n) is 4.92. The molecule has 4 unspecified atom stereocenters. The lowest BCUT2D eigenvalue weighted by molar-refractivity contribution is -0.228. The van der Waals surface area contributed by atoms with Crippen LogP contribution in [0.25, 0.3) is 0 Å². The Morgan fingerprint density at radius 3 is 2.56 bits per heavy atom. The number of hydrogen-bond acceptors (Lipinski definition) is 8. The Bertz CT molecular complexity index is 606. The number of carbonyl (C=O) groups excluding carboxylic acids is 2. The monoisotopic (exact) mass is 406 g/mol. The molecule has 1 saturated carbocycles. The minimum absolute atomic E-state index is 0.0187. The number of esters is 2. The number of rotatable bonds is 7. The highest BCUT2D eigenvalue weighted by Crippen LogP contribution is 2.53. The Balaban J connectivity index is 2.42. The van der Waals surface area contributed by atoms with E-state index in [9.17, 15) is 19.8 Å². The molecule has 27 heavy (non-hydrogen) atoms. The van der Waals surface area contributed by atoms with Crippen LogP contribution in [0.4, 0.5) is 0 Å². The molecule has 2 N–H and O–H groups in total. The van der Waals surface area contributed by atoms with E-state index in [1.54, 1.807) is 0 Å². The predicted molar refractivity (Wildman–Crippen MR) is 94.7 cm³/mol. The van der Waals surface area contributed by atoms with Crippen LogP contribution in [0.3, 0.4) is 0 Å². The van der Waals surface area contributed by atoms with Crippen LogP contribution in [0.1, 0.15) is 33.6 Å². The molecule has 1 aliphatic heterocycles. The maximum absolute atomic E-state index is 12.2. The SMILES string of the molecule is COCC1=COC(OC(=O)CC(C)C)C2C1(O)CC(OC(C)=O)[C@]2(O)CCl. The number of halogens is 1. The van der Waals surface area contributed by atoms with E-state index in [2.05, 4.69) is 0 Å². The van der Waals surface area contributed by atoms with Crippen molar-refractivity contribution in [1.29, 1.82) is 0 Å². The first-order chi connectivity index (χ1) is 12.6. The van der Waals surface area contributed by atoms with E-state index in [4.69, 9.17) is 30.5 Å². The lowest BCUT2D eigenvalue weighted by Gasteiger charge is -2.43. The zero-order valence-corrected chi connectivity index (χ0v) is 16.7. The van der Waals surface area contributed by atoms with Crippen molar-refractivity contribution in [3.05, 3.63) is 11.8 Å². The topological polar surface area (TPSA) is 112 Å². The average Bonchev–Trinajstić information content (AvgIpc) is 2.78. The normalized spacial score (nSPS) is 35.3. The molecule has 1 heterocycles. The summed E-state index contributed by atoms with van der Waals surface area (Å²) in [6.45, 7) is 4.93. The number of fused-ring (bicyclic) bond motifs is 1. The van der Waals surface area contributed by atoms with Gasteiger partial charge >= 0.3 is 11.9 Å². The van der Waals surface area contributed by atoms with Crippen molar-refractivity contribution in [2.24, 2.45) is 11.8 Å². The molecule has 0 aromatic heterocycles. The van der Waals surface area contributed by atoms with Gasteiger partial charge in [0.05, 0.1) is 24.7 Å². The Kier molecular flexibility index (Phi) is 6.78. The fourth-order valence-corrected chi connectivity index (χ4v) is 4.09. The zero-order chi connectivity index (χ0) is 20.4. The summed E-state index contributed by atoms with van der Waals surface area (Å²) in [5, 5.41) is 22.6. The van der Waals surface area contributed by atoms with E-state index >= 15 is 0 Å². The maximum atomic E-state index is 12.2. The second-order valence-corrected chi connectivity index (χ2v) is 7.76. The summed E-state index contributed by atoms with van der Waals surface area (Å²) >= 11 is 6.02. The molecule has 154 valence electrons. The molecule has 9 heteroatoms. The van der Waals surface area contributed by atoms with Crippen LogP contribution < -0.4 is 0 Å². The lowest BCUT2D eigenvalue weighted by atomic mass is 9.77. The zero-order valence-electron chi connectivity index (χ0n) is 15.9. The molecule has 8 nitrogen and oxygen atoms in total. The fourth-order valence-electron chi connectivity index (χ4n) is 3.76. The molecular weight excluding hydrogens is 380 g/mol. The molecule has 0 aromatic rings. The van der Waals surface area contributed by atoms with Gasteiger partial charge in [0.15, 0.2) is 0 Å². The quantitative estimate of drug-likeness (QED) is 0.478. The first kappa shape index (κ1) is 21.9. The first-order valence-electron chi connectivity index (χ1n) is 8.79. The van der Waals surface area contributed by atoms with Crippen LogP contribution in [0.2, 0.25) is 0 Å². The summed E-state index contributed by atoms with van der Waals surface area (Å²) in [5.74, 6) is -2.62. The van der Waals surface area contributed by atoms with Crippen molar-refractivity contribution in [2.75, 3.05) is 19.6 Å². The van der Waals surface area contributed by atoms with Crippen molar-refractivity contribution >= 4 is 23.5 Å². The van der Waals surface area contributed by atoms with Crippen LogP contribution in [0.15, 0.2) is 11.8 Å². The maximum Gasteiger partial charge on any atom is 0.309 e. The molecule has 1 fully saturated rings. The Labute approximate surface area is 163 Å². The molecular formula is C18H27ClO8. The summed E-state index contributed by atoms with van der Waals surface area (Å²) in [4.78, 5) is 23.6. The van der Waals surface area contributed by atoms with Gasteiger partial charge in [0.2, 0.25) is 0 Å². The standard InChI is InChI=1S/C18H27ClO8/c1-10(2)5-14(21)27-16-15-17(22,12(7-24-4)8-25-16)6-13(26-11(3)20)18(15,23)9-19/h8,10,13,15-16,22-23H,5-7,9H2,1-4H3/t13?,15?,16?,17?,18-/m1/s1. The molecule has 0 amide bonds. The first-order valence-corrected chi connectivity index (χ1v) is 9.33. The summed E-state index contributed by atoms with van der Waals surface area (Å²) in [5.41, 5.74) is -3.21. The second-order valence-electron chi connectivity index (χ2n) is 7.50. The van der Waals surface area contributed by atoms with Gasteiger partial charge in [0, 0.05) is 32.4 Å². The third kappa shape index (κ3) is 4.23. The molecule has 0 aromatic carbocycles. The van der Waals surface area contributed by atoms with E-state index in [1.807, 2.05) is 13.8 Å². The predicted octanol–water partition coefficient (Wildman–Crippen LogP) is 1.11. The van der Waals surface area contributed by atoms with Crippen LogP contribution in [-0.4, -0.2) is 65.3 Å². The fraction of sp³-hybridized carbons (Fsp3) is 0.778. The number of ether oxygens (including phenoxy) is 4. The summed E-state index contributed by atoms with van der Waals surface area (Å²) < 4.78 is 21.2. The van der Waals surface area contributed by atoms with Crippen molar-refractivity contribution in [1.82, 2.24) is 0 Å². The van der Waals surface area contributed by atoms with Gasteiger partial charge < -0.3 is 29.2 Å². The van der Waals surface area contributed by atoms with Gasteiger partial charge in [-0.15, -0.1) is 11.6 Å². The van der Waals surface area contributed by atoms with E-state index in [-0.39, 0.29) is 31.2 Å². The van der Waals surface area contributed by atoms with Crippen molar-refractivity contribution in [3.63, 3.8) is 0 Å². The molecule has 2 aliphatic rings. The Morgan fingerprint density at radius 1 is 1.37 bits per heavy atom. The van der Waals surface area contributed by atoms with E-state index in [0.717, 1.165) is 0 Å². The van der Waals surface area contributed by atoms with Crippen molar-refractivity contribution in [2.45, 2.75) is 57.2 Å². The van der Waals surface area contributed by atoms with Gasteiger partial charge in [0.1, 0.15) is 17.3 Å². The molecule has 0 saturated heterocycles. The van der Waals surface area contributed by atoms with Gasteiger partial charge in [-0.3, -0.25) is 9.59 Å².